The first-order valence-corrected chi connectivity index (χ1v) is 9.92. The Bertz CT molecular complexity index is 715. The van der Waals surface area contributed by atoms with Crippen LogP contribution in [-0.4, -0.2) is 49.8 Å². The van der Waals surface area contributed by atoms with Gasteiger partial charge in [-0.1, -0.05) is 23.7 Å². The van der Waals surface area contributed by atoms with E-state index in [1.807, 2.05) is 54.8 Å². The number of nitrogens with one attached hydrogen (secondary N) is 1. The van der Waals surface area contributed by atoms with E-state index in [4.69, 9.17) is 11.6 Å². The summed E-state index contributed by atoms with van der Waals surface area (Å²) in [6.45, 7) is 3.87. The fourth-order valence-corrected chi connectivity index (χ4v) is 3.60. The van der Waals surface area contributed by atoms with E-state index in [2.05, 4.69) is 15.1 Å². The normalized spacial score (nSPS) is 15.2. The lowest BCUT2D eigenvalue weighted by molar-refractivity contribution is -0.117. The van der Waals surface area contributed by atoms with E-state index in [1.165, 1.54) is 4.90 Å². The predicted molar refractivity (Wildman–Crippen MR) is 107 cm³/mol. The Labute approximate surface area is 158 Å². The molecule has 1 aliphatic rings. The number of hydrogen-bond acceptors (Lipinski definition) is 4. The van der Waals surface area contributed by atoms with Crippen LogP contribution in [0.1, 0.15) is 0 Å². The third kappa shape index (κ3) is 4.91. The van der Waals surface area contributed by atoms with Gasteiger partial charge in [-0.05, 0) is 42.7 Å². The standard InChI is InChI=1S/C19H22ClN3OS/c1-25-16-8-6-15(7-9-16)21-19(24)14-22-10-12-23(13-11-22)18-5-3-2-4-17(18)20/h2-9H,10-14H2,1H3,(H,21,24). The summed E-state index contributed by atoms with van der Waals surface area (Å²) in [6.07, 6.45) is 2.04. The van der Waals surface area contributed by atoms with Gasteiger partial charge in [0.05, 0.1) is 17.3 Å². The highest BCUT2D eigenvalue weighted by atomic mass is 35.5. The number of rotatable bonds is 5. The minimum absolute atomic E-state index is 0.0306. The van der Waals surface area contributed by atoms with Crippen molar-refractivity contribution in [1.29, 1.82) is 0 Å². The molecular formula is C19H22ClN3OS. The minimum atomic E-state index is 0.0306. The molecule has 0 saturated carbocycles. The number of anilines is 2. The second kappa shape index (κ2) is 8.61. The van der Waals surface area contributed by atoms with Gasteiger partial charge in [-0.25, -0.2) is 0 Å². The molecule has 25 heavy (non-hydrogen) atoms. The van der Waals surface area contributed by atoms with Crippen LogP contribution in [0.5, 0.6) is 0 Å². The lowest BCUT2D eigenvalue weighted by atomic mass is 10.2. The van der Waals surface area contributed by atoms with Gasteiger partial charge in [0, 0.05) is 36.8 Å². The Hall–Kier alpha value is -1.69. The average Bonchev–Trinajstić information content (AvgIpc) is 2.63. The average molecular weight is 376 g/mol. The summed E-state index contributed by atoms with van der Waals surface area (Å²) in [5.74, 6) is 0.0306. The van der Waals surface area contributed by atoms with E-state index in [9.17, 15) is 4.79 Å². The van der Waals surface area contributed by atoms with Gasteiger partial charge in [-0.15, -0.1) is 11.8 Å². The first-order chi connectivity index (χ1) is 12.2. The molecule has 6 heteroatoms. The summed E-state index contributed by atoms with van der Waals surface area (Å²) in [4.78, 5) is 17.9. The van der Waals surface area contributed by atoms with E-state index in [-0.39, 0.29) is 5.91 Å². The largest absolute Gasteiger partial charge is 0.368 e. The molecule has 4 nitrogen and oxygen atoms in total. The zero-order valence-corrected chi connectivity index (χ0v) is 15.8. The number of para-hydroxylation sites is 1. The molecule has 1 aliphatic heterocycles. The molecule has 1 N–H and O–H groups in total. The Balaban J connectivity index is 1.48. The van der Waals surface area contributed by atoms with Crippen LogP contribution in [0.4, 0.5) is 11.4 Å². The van der Waals surface area contributed by atoms with Gasteiger partial charge in [-0.3, -0.25) is 9.69 Å². The molecule has 0 aromatic heterocycles. The topological polar surface area (TPSA) is 35.6 Å². The van der Waals surface area contributed by atoms with Crippen LogP contribution in [0.15, 0.2) is 53.4 Å². The lowest BCUT2D eigenvalue weighted by Crippen LogP contribution is -2.48. The molecule has 2 aromatic rings. The van der Waals surface area contributed by atoms with Gasteiger partial charge in [-0.2, -0.15) is 0 Å². The third-order valence-corrected chi connectivity index (χ3v) is 5.37. The maximum atomic E-state index is 12.2. The maximum absolute atomic E-state index is 12.2. The summed E-state index contributed by atoms with van der Waals surface area (Å²) in [7, 11) is 0. The predicted octanol–water partition coefficient (Wildman–Crippen LogP) is 3.82. The zero-order chi connectivity index (χ0) is 17.6. The van der Waals surface area contributed by atoms with Crippen LogP contribution in [0.25, 0.3) is 0 Å². The highest BCUT2D eigenvalue weighted by molar-refractivity contribution is 7.98. The van der Waals surface area contributed by atoms with Gasteiger partial charge >= 0.3 is 0 Å². The molecule has 0 radical (unpaired) electrons. The quantitative estimate of drug-likeness (QED) is 0.806. The third-order valence-electron chi connectivity index (χ3n) is 4.31. The summed E-state index contributed by atoms with van der Waals surface area (Å²) in [6, 6.07) is 15.8. The summed E-state index contributed by atoms with van der Waals surface area (Å²) < 4.78 is 0. The van der Waals surface area contributed by atoms with Gasteiger partial charge in [0.1, 0.15) is 0 Å². The molecule has 0 aliphatic carbocycles. The molecule has 0 atom stereocenters. The maximum Gasteiger partial charge on any atom is 0.238 e. The Morgan fingerprint density at radius 2 is 1.76 bits per heavy atom. The number of thioether (sulfide) groups is 1. The molecule has 2 aromatic carbocycles. The zero-order valence-electron chi connectivity index (χ0n) is 14.2. The molecule has 0 bridgehead atoms. The second-order valence-corrected chi connectivity index (χ2v) is 7.28. The van der Waals surface area contributed by atoms with Crippen LogP contribution in [-0.2, 0) is 4.79 Å². The van der Waals surface area contributed by atoms with Crippen molar-refractivity contribution >= 4 is 40.6 Å². The summed E-state index contributed by atoms with van der Waals surface area (Å²) >= 11 is 7.96. The van der Waals surface area contributed by atoms with Crippen molar-refractivity contribution in [3.63, 3.8) is 0 Å². The molecule has 0 unspecified atom stereocenters. The van der Waals surface area contributed by atoms with Crippen molar-refractivity contribution in [3.05, 3.63) is 53.6 Å². The van der Waals surface area contributed by atoms with Gasteiger partial charge in [0.25, 0.3) is 0 Å². The number of halogens is 1. The lowest BCUT2D eigenvalue weighted by Gasteiger charge is -2.36. The Morgan fingerprint density at radius 3 is 2.40 bits per heavy atom. The summed E-state index contributed by atoms with van der Waals surface area (Å²) in [5.41, 5.74) is 1.92. The van der Waals surface area contributed by atoms with Gasteiger partial charge in [0.2, 0.25) is 5.91 Å². The first-order valence-electron chi connectivity index (χ1n) is 8.31. The number of carbonyl (C=O) groups excluding carboxylic acids is 1. The molecule has 3 rings (SSSR count). The van der Waals surface area contributed by atoms with Gasteiger partial charge < -0.3 is 10.2 Å². The smallest absolute Gasteiger partial charge is 0.238 e. The van der Waals surface area contributed by atoms with Crippen molar-refractivity contribution in [1.82, 2.24) is 4.90 Å². The van der Waals surface area contributed by atoms with E-state index in [1.54, 1.807) is 11.8 Å². The molecular weight excluding hydrogens is 354 g/mol. The second-order valence-electron chi connectivity index (χ2n) is 5.99. The van der Waals surface area contributed by atoms with Crippen LogP contribution in [0.3, 0.4) is 0 Å². The molecule has 1 saturated heterocycles. The Morgan fingerprint density at radius 1 is 1.08 bits per heavy atom. The van der Waals surface area contributed by atoms with E-state index >= 15 is 0 Å². The molecule has 1 amide bonds. The number of benzene rings is 2. The molecule has 0 spiro atoms. The van der Waals surface area contributed by atoms with E-state index in [0.717, 1.165) is 42.6 Å². The number of amides is 1. The molecule has 1 heterocycles. The first kappa shape index (κ1) is 18.1. The van der Waals surface area contributed by atoms with Gasteiger partial charge in [0.15, 0.2) is 0 Å². The highest BCUT2D eigenvalue weighted by Crippen LogP contribution is 2.26. The van der Waals surface area contributed by atoms with Crippen LogP contribution >= 0.6 is 23.4 Å². The Kier molecular flexibility index (Phi) is 6.24. The fourth-order valence-electron chi connectivity index (χ4n) is 2.93. The minimum Gasteiger partial charge on any atom is -0.368 e. The van der Waals surface area contributed by atoms with Crippen molar-refractivity contribution in [3.8, 4) is 0 Å². The number of piperazine rings is 1. The molecule has 132 valence electrons. The van der Waals surface area contributed by atoms with E-state index in [0.29, 0.717) is 6.54 Å². The number of carbonyl (C=O) groups is 1. The van der Waals surface area contributed by atoms with Crippen molar-refractivity contribution < 1.29 is 4.79 Å². The van der Waals surface area contributed by atoms with Crippen LogP contribution < -0.4 is 10.2 Å². The number of hydrogen-bond donors (Lipinski definition) is 1. The fraction of sp³-hybridized carbons (Fsp3) is 0.316. The monoisotopic (exact) mass is 375 g/mol. The van der Waals surface area contributed by atoms with Crippen LogP contribution in [0, 0.1) is 0 Å². The van der Waals surface area contributed by atoms with Crippen molar-refractivity contribution in [2.75, 3.05) is 49.2 Å². The van der Waals surface area contributed by atoms with Crippen molar-refractivity contribution in [2.24, 2.45) is 0 Å². The van der Waals surface area contributed by atoms with Crippen molar-refractivity contribution in [2.45, 2.75) is 4.90 Å². The SMILES string of the molecule is CSc1ccc(NC(=O)CN2CCN(c3ccccc3Cl)CC2)cc1. The number of nitrogens with zero attached hydrogens (tertiary/aromatic N) is 2. The molecule has 1 fully saturated rings. The summed E-state index contributed by atoms with van der Waals surface area (Å²) in [5, 5.41) is 3.75. The highest BCUT2D eigenvalue weighted by Gasteiger charge is 2.20. The van der Waals surface area contributed by atoms with E-state index < -0.39 is 0 Å². The van der Waals surface area contributed by atoms with Crippen LogP contribution in [0.2, 0.25) is 5.02 Å².